The highest BCUT2D eigenvalue weighted by Gasteiger charge is 2.67. The van der Waals surface area contributed by atoms with E-state index in [0.29, 0.717) is 11.3 Å². The number of carbonyl (C=O) groups excluding carboxylic acids is 2. The van der Waals surface area contributed by atoms with E-state index >= 15 is 4.11 Å². The van der Waals surface area contributed by atoms with E-state index in [1.807, 2.05) is 30.3 Å². The second-order valence-electron chi connectivity index (χ2n) is 10.7. The van der Waals surface area contributed by atoms with Crippen molar-refractivity contribution < 1.29 is 28.5 Å². The van der Waals surface area contributed by atoms with Crippen LogP contribution in [0.15, 0.2) is 61.2 Å². The molecule has 0 radical (unpaired) electrons. The summed E-state index contributed by atoms with van der Waals surface area (Å²) >= 11 is 0. The molecule has 0 saturated carbocycles. The summed E-state index contributed by atoms with van der Waals surface area (Å²) in [4.78, 5) is 41.6. The molecular weight excluding hydrogens is 521 g/mol. The minimum atomic E-state index is -3.53. The van der Waals surface area contributed by atoms with Gasteiger partial charge in [0.25, 0.3) is 11.6 Å². The third-order valence-corrected chi connectivity index (χ3v) is 10.2. The Hall–Kier alpha value is -3.41. The van der Waals surface area contributed by atoms with E-state index < -0.39 is 42.4 Å². The summed E-state index contributed by atoms with van der Waals surface area (Å²) in [5.41, 5.74) is -0.980. The average molecular weight is 556 g/mol. The number of hydrogen-bond donors (Lipinski definition) is 1. The number of aliphatic hydroxyl groups excluding tert-OH is 1. The first-order valence-corrected chi connectivity index (χ1v) is 15.9. The lowest BCUT2D eigenvalue weighted by Gasteiger charge is -2.31. The van der Waals surface area contributed by atoms with Gasteiger partial charge in [0, 0.05) is 48.8 Å². The molecule has 11 heteroatoms. The van der Waals surface area contributed by atoms with Crippen LogP contribution in [-0.2, 0) is 26.5 Å². The molecule has 4 atom stereocenters. The first-order valence-electron chi connectivity index (χ1n) is 13.0. The fourth-order valence-electron chi connectivity index (χ4n) is 6.18. The second kappa shape index (κ2) is 11.0. The molecule has 1 N–H and O–H groups in total. The lowest BCUT2D eigenvalue weighted by atomic mass is 9.82. The van der Waals surface area contributed by atoms with E-state index in [-0.39, 0.29) is 44.3 Å². The van der Waals surface area contributed by atoms with Crippen molar-refractivity contribution in [3.8, 4) is 0 Å². The van der Waals surface area contributed by atoms with Crippen molar-refractivity contribution in [1.82, 2.24) is 4.90 Å². The van der Waals surface area contributed by atoms with Crippen LogP contribution in [0.2, 0.25) is 18.6 Å². The van der Waals surface area contributed by atoms with Crippen LogP contribution in [-0.4, -0.2) is 61.0 Å². The Morgan fingerprint density at radius 1 is 1.31 bits per heavy atom. The smallest absolute Gasteiger partial charge is 0.269 e. The van der Waals surface area contributed by atoms with Gasteiger partial charge in [-0.3, -0.25) is 19.7 Å². The second-order valence-corrected chi connectivity index (χ2v) is 14.5. The zero-order valence-electron chi connectivity index (χ0n) is 22.4. The quantitative estimate of drug-likeness (QED) is 0.154. The van der Waals surface area contributed by atoms with Gasteiger partial charge in [-0.1, -0.05) is 43.3 Å². The summed E-state index contributed by atoms with van der Waals surface area (Å²) in [5.74, 6) is -1.47. The van der Waals surface area contributed by atoms with Gasteiger partial charge in [-0.25, -0.2) is 0 Å². The molecule has 2 aromatic carbocycles. The molecule has 2 aromatic rings. The molecule has 2 heterocycles. The van der Waals surface area contributed by atoms with Crippen LogP contribution >= 0.6 is 0 Å². The third kappa shape index (κ3) is 5.13. The summed E-state index contributed by atoms with van der Waals surface area (Å²) in [7, 11) is -3.53. The molecule has 9 nitrogen and oxygen atoms in total. The van der Waals surface area contributed by atoms with Crippen LogP contribution in [0.5, 0.6) is 0 Å². The van der Waals surface area contributed by atoms with Crippen molar-refractivity contribution >= 4 is 31.6 Å². The summed E-state index contributed by atoms with van der Waals surface area (Å²) in [6, 6.07) is 13.5. The Morgan fingerprint density at radius 2 is 2.00 bits per heavy atom. The summed E-state index contributed by atoms with van der Waals surface area (Å²) in [6.45, 7) is 8.76. The van der Waals surface area contributed by atoms with Gasteiger partial charge in [0.15, 0.2) is 5.60 Å². The van der Waals surface area contributed by atoms with E-state index in [1.54, 1.807) is 13.0 Å². The molecule has 1 fully saturated rings. The lowest BCUT2D eigenvalue weighted by Crippen LogP contribution is -2.45. The van der Waals surface area contributed by atoms with Crippen LogP contribution in [0, 0.1) is 16.0 Å². The molecule has 2 aliphatic rings. The lowest BCUT2D eigenvalue weighted by molar-refractivity contribution is -0.385. The Labute approximate surface area is 228 Å². The number of aliphatic hydroxyl groups is 1. The van der Waals surface area contributed by atoms with E-state index in [1.165, 1.54) is 41.1 Å². The van der Waals surface area contributed by atoms with Crippen LogP contribution < -0.4 is 4.90 Å². The molecule has 2 amide bonds. The number of rotatable bonds is 10. The Kier molecular flexibility index (Phi) is 8.06. The van der Waals surface area contributed by atoms with E-state index in [9.17, 15) is 24.8 Å². The number of nitrogens with zero attached hydrogens (tertiary/aromatic N) is 3. The zero-order chi connectivity index (χ0) is 28.5. The number of anilines is 1. The largest absolute Gasteiger partial charge is 0.395 e. The van der Waals surface area contributed by atoms with Crippen molar-refractivity contribution in [2.75, 3.05) is 24.6 Å². The summed E-state index contributed by atoms with van der Waals surface area (Å²) in [5, 5.41) is 21.2. The number of hydrogen-bond acceptors (Lipinski definition) is 6. The van der Waals surface area contributed by atoms with Crippen LogP contribution in [0.25, 0.3) is 0 Å². The number of halogens is 1. The Morgan fingerprint density at radius 3 is 2.59 bits per heavy atom. The molecule has 0 bridgehead atoms. The van der Waals surface area contributed by atoms with Crippen molar-refractivity contribution in [1.29, 1.82) is 0 Å². The van der Waals surface area contributed by atoms with Crippen LogP contribution in [0.1, 0.15) is 24.5 Å². The fraction of sp³-hybridized carbons (Fsp3) is 0.429. The van der Waals surface area contributed by atoms with E-state index in [2.05, 4.69) is 6.58 Å². The molecule has 0 unspecified atom stereocenters. The van der Waals surface area contributed by atoms with Gasteiger partial charge in [-0.05, 0) is 24.7 Å². The molecule has 1 saturated heterocycles. The summed E-state index contributed by atoms with van der Waals surface area (Å²) in [6.07, 6.45) is 0.420. The molecule has 0 aromatic heterocycles. The maximum absolute atomic E-state index is 16.0. The standard InChI is InChI=1S/C28H34FN3O6Si/c1-5-13-31-23-12-11-21(32(36)37)16-22(23)28(27(31)35)19(2)26(39(3,4)29)24(38-28)17-25(34)30(14-15-33)18-20-9-7-6-8-10-20/h5-12,16,19,24,26,33H,1,13-15,17-18H2,2-4H3/t19-,24+,26-,28+/m0/s1. The molecule has 208 valence electrons. The molecule has 1 spiro atoms. The maximum atomic E-state index is 16.0. The number of fused-ring (bicyclic) bond motifs is 2. The normalized spacial score (nSPS) is 24.2. The zero-order valence-corrected chi connectivity index (χ0v) is 23.4. The predicted octanol–water partition coefficient (Wildman–Crippen LogP) is 4.31. The number of non-ortho nitro benzene ring substituents is 1. The third-order valence-electron chi connectivity index (χ3n) is 7.78. The highest BCUT2D eigenvalue weighted by atomic mass is 28.4. The van der Waals surface area contributed by atoms with Gasteiger partial charge >= 0.3 is 0 Å². The van der Waals surface area contributed by atoms with Crippen molar-refractivity contribution in [2.45, 2.75) is 50.2 Å². The average Bonchev–Trinajstić information content (AvgIpc) is 3.31. The monoisotopic (exact) mass is 555 g/mol. The molecular formula is C28H34FN3O6Si. The Balaban J connectivity index is 1.74. The minimum Gasteiger partial charge on any atom is -0.395 e. The topological polar surface area (TPSA) is 113 Å². The van der Waals surface area contributed by atoms with Crippen molar-refractivity contribution in [3.63, 3.8) is 0 Å². The molecule has 2 aliphatic heterocycles. The number of amides is 2. The molecule has 4 rings (SSSR count). The number of benzene rings is 2. The van der Waals surface area contributed by atoms with Gasteiger partial charge in [-0.2, -0.15) is 0 Å². The van der Waals surface area contributed by atoms with Gasteiger partial charge in [0.2, 0.25) is 14.3 Å². The first kappa shape index (κ1) is 28.6. The van der Waals surface area contributed by atoms with E-state index in [0.717, 1.165) is 5.56 Å². The Bertz CT molecular complexity index is 1270. The number of carbonyl (C=O) groups is 2. The highest BCUT2D eigenvalue weighted by molar-refractivity contribution is 6.72. The van der Waals surface area contributed by atoms with Gasteiger partial charge in [0.05, 0.1) is 29.7 Å². The predicted molar refractivity (Wildman–Crippen MR) is 147 cm³/mol. The fourth-order valence-corrected chi connectivity index (χ4v) is 8.67. The molecule has 0 aliphatic carbocycles. The SMILES string of the molecule is C=CCN1C(=O)[C@]2(O[C@H](CC(=O)N(CCO)Cc3ccccc3)[C@@H]([Si](C)(C)F)[C@@H]2C)c2cc([N+](=O)[O-])ccc21. The van der Waals surface area contributed by atoms with Crippen LogP contribution in [0.3, 0.4) is 0 Å². The minimum absolute atomic E-state index is 0.0866. The first-order chi connectivity index (χ1) is 18.4. The van der Waals surface area contributed by atoms with Crippen molar-refractivity contribution in [3.05, 3.63) is 82.4 Å². The maximum Gasteiger partial charge on any atom is 0.269 e. The number of ether oxygens (including phenoxy) is 1. The van der Waals surface area contributed by atoms with Crippen molar-refractivity contribution in [2.24, 2.45) is 5.92 Å². The van der Waals surface area contributed by atoms with Gasteiger partial charge < -0.3 is 23.8 Å². The number of nitro groups is 1. The van der Waals surface area contributed by atoms with Crippen LogP contribution in [0.4, 0.5) is 15.5 Å². The molecule has 39 heavy (non-hydrogen) atoms. The van der Waals surface area contributed by atoms with E-state index in [4.69, 9.17) is 4.74 Å². The summed E-state index contributed by atoms with van der Waals surface area (Å²) < 4.78 is 22.5. The van der Waals surface area contributed by atoms with Gasteiger partial charge in [0.1, 0.15) is 0 Å². The van der Waals surface area contributed by atoms with Gasteiger partial charge in [-0.15, -0.1) is 6.58 Å². The number of nitro benzene ring substituents is 1. The highest BCUT2D eigenvalue weighted by Crippen LogP contribution is 2.60.